The summed E-state index contributed by atoms with van der Waals surface area (Å²) in [4.78, 5) is 17.0. The number of carbonyl (C=O) groups is 1. The quantitative estimate of drug-likeness (QED) is 0.318. The van der Waals surface area contributed by atoms with Gasteiger partial charge in [0.1, 0.15) is 0 Å². The van der Waals surface area contributed by atoms with Gasteiger partial charge in [0.2, 0.25) is 5.91 Å². The van der Waals surface area contributed by atoms with Crippen LogP contribution in [-0.2, 0) is 11.3 Å². The molecule has 1 aromatic rings. The Morgan fingerprint density at radius 3 is 2.52 bits per heavy atom. The molecule has 6 heteroatoms. The van der Waals surface area contributed by atoms with E-state index < -0.39 is 0 Å². The van der Waals surface area contributed by atoms with Crippen LogP contribution in [0.2, 0.25) is 0 Å². The van der Waals surface area contributed by atoms with Gasteiger partial charge in [0.15, 0.2) is 5.96 Å². The molecular formula is C21H33IN4O. The summed E-state index contributed by atoms with van der Waals surface area (Å²) in [6.45, 7) is 3.55. The Balaban J connectivity index is 0.00000261. The highest BCUT2D eigenvalue weighted by molar-refractivity contribution is 14.0. The van der Waals surface area contributed by atoms with Crippen molar-refractivity contribution in [2.45, 2.75) is 70.9 Å². The highest BCUT2D eigenvalue weighted by Crippen LogP contribution is 2.26. The number of nitrogens with zero attached hydrogens (tertiary/aromatic N) is 1. The van der Waals surface area contributed by atoms with Gasteiger partial charge in [0.05, 0.1) is 6.54 Å². The van der Waals surface area contributed by atoms with Crippen LogP contribution in [0.15, 0.2) is 29.3 Å². The van der Waals surface area contributed by atoms with Gasteiger partial charge in [-0.1, -0.05) is 37.8 Å². The molecule has 0 saturated heterocycles. The Kier molecular flexibility index (Phi) is 9.38. The van der Waals surface area contributed by atoms with Crippen molar-refractivity contribution in [1.29, 1.82) is 0 Å². The predicted molar refractivity (Wildman–Crippen MR) is 123 cm³/mol. The number of guanidine groups is 1. The molecule has 0 spiro atoms. The summed E-state index contributed by atoms with van der Waals surface area (Å²) in [5.41, 5.74) is 1.99. The third kappa shape index (κ3) is 6.97. The van der Waals surface area contributed by atoms with E-state index in [0.717, 1.165) is 36.6 Å². The molecule has 27 heavy (non-hydrogen) atoms. The second-order valence-corrected chi connectivity index (χ2v) is 7.49. The molecule has 0 heterocycles. The smallest absolute Gasteiger partial charge is 0.227 e. The number of aliphatic imine (C=N–C) groups is 1. The van der Waals surface area contributed by atoms with E-state index in [-0.39, 0.29) is 35.8 Å². The van der Waals surface area contributed by atoms with Gasteiger partial charge in [0.25, 0.3) is 0 Å². The zero-order valence-electron chi connectivity index (χ0n) is 16.3. The number of amides is 1. The molecule has 3 rings (SSSR count). The molecule has 5 nitrogen and oxygen atoms in total. The topological polar surface area (TPSA) is 65.5 Å². The van der Waals surface area contributed by atoms with E-state index in [4.69, 9.17) is 4.99 Å². The standard InChI is InChI=1S/C21H32N4O.HI/c1-2-22-21(25-18-11-5-6-12-18)23-15-16-8-7-13-19(14-16)24-20(26)17-9-3-4-10-17;/h7-8,13-14,17-18H,2-6,9-12,15H2,1H3,(H,24,26)(H2,22,23,25);1H. The van der Waals surface area contributed by atoms with E-state index in [1.54, 1.807) is 0 Å². The Bertz CT molecular complexity index is 622. The fourth-order valence-electron chi connectivity index (χ4n) is 3.93. The lowest BCUT2D eigenvalue weighted by molar-refractivity contribution is -0.119. The maximum atomic E-state index is 12.3. The molecule has 1 aromatic carbocycles. The van der Waals surface area contributed by atoms with Crippen LogP contribution in [0.1, 0.15) is 63.9 Å². The first-order valence-corrected chi connectivity index (χ1v) is 10.2. The summed E-state index contributed by atoms with van der Waals surface area (Å²) in [6, 6.07) is 8.60. The van der Waals surface area contributed by atoms with E-state index in [1.165, 1.54) is 38.5 Å². The maximum Gasteiger partial charge on any atom is 0.227 e. The van der Waals surface area contributed by atoms with Crippen LogP contribution in [0.4, 0.5) is 5.69 Å². The average Bonchev–Trinajstić information content (AvgIpc) is 3.34. The fourth-order valence-corrected chi connectivity index (χ4v) is 3.93. The fraction of sp³-hybridized carbons (Fsp3) is 0.619. The molecule has 2 aliphatic carbocycles. The molecule has 0 radical (unpaired) electrons. The number of hydrogen-bond donors (Lipinski definition) is 3. The molecule has 0 atom stereocenters. The Labute approximate surface area is 180 Å². The molecule has 150 valence electrons. The normalized spacial score (nSPS) is 18.2. The molecular weight excluding hydrogens is 451 g/mol. The molecule has 0 aliphatic heterocycles. The summed E-state index contributed by atoms with van der Waals surface area (Å²) in [5, 5.41) is 9.95. The minimum absolute atomic E-state index is 0. The number of carbonyl (C=O) groups excluding carboxylic acids is 1. The van der Waals surface area contributed by atoms with Gasteiger partial charge in [-0.3, -0.25) is 4.79 Å². The van der Waals surface area contributed by atoms with Gasteiger partial charge in [-0.15, -0.1) is 24.0 Å². The largest absolute Gasteiger partial charge is 0.357 e. The first kappa shape index (κ1) is 22.0. The second-order valence-electron chi connectivity index (χ2n) is 7.49. The SMILES string of the molecule is CCNC(=NCc1cccc(NC(=O)C2CCCC2)c1)NC1CCCC1.I. The number of hydrogen-bond acceptors (Lipinski definition) is 2. The minimum atomic E-state index is 0. The molecule has 0 unspecified atom stereocenters. The number of nitrogens with one attached hydrogen (secondary N) is 3. The molecule has 0 bridgehead atoms. The van der Waals surface area contributed by atoms with Crippen molar-refractivity contribution < 1.29 is 4.79 Å². The van der Waals surface area contributed by atoms with Gasteiger partial charge in [-0.05, 0) is 50.3 Å². The van der Waals surface area contributed by atoms with E-state index in [0.29, 0.717) is 12.6 Å². The van der Waals surface area contributed by atoms with Crippen molar-refractivity contribution in [3.63, 3.8) is 0 Å². The van der Waals surface area contributed by atoms with Gasteiger partial charge in [-0.2, -0.15) is 0 Å². The number of rotatable bonds is 6. The summed E-state index contributed by atoms with van der Waals surface area (Å²) in [6.07, 6.45) is 9.46. The first-order valence-electron chi connectivity index (χ1n) is 10.2. The lowest BCUT2D eigenvalue weighted by Gasteiger charge is -2.16. The predicted octanol–water partition coefficient (Wildman–Crippen LogP) is 4.43. The van der Waals surface area contributed by atoms with Crippen LogP contribution in [0.5, 0.6) is 0 Å². The summed E-state index contributed by atoms with van der Waals surface area (Å²) in [7, 11) is 0. The van der Waals surface area contributed by atoms with Crippen molar-refractivity contribution in [3.05, 3.63) is 29.8 Å². The van der Waals surface area contributed by atoms with Crippen molar-refractivity contribution in [2.75, 3.05) is 11.9 Å². The van der Waals surface area contributed by atoms with E-state index in [9.17, 15) is 4.79 Å². The minimum Gasteiger partial charge on any atom is -0.357 e. The monoisotopic (exact) mass is 484 g/mol. The van der Waals surface area contributed by atoms with Crippen LogP contribution < -0.4 is 16.0 Å². The van der Waals surface area contributed by atoms with Crippen molar-refractivity contribution in [1.82, 2.24) is 10.6 Å². The third-order valence-corrected chi connectivity index (χ3v) is 5.38. The number of benzene rings is 1. The van der Waals surface area contributed by atoms with Crippen LogP contribution >= 0.6 is 24.0 Å². The van der Waals surface area contributed by atoms with E-state index in [2.05, 4.69) is 28.9 Å². The van der Waals surface area contributed by atoms with Crippen LogP contribution in [0.3, 0.4) is 0 Å². The van der Waals surface area contributed by atoms with Crippen molar-refractivity contribution >= 4 is 41.5 Å². The lowest BCUT2D eigenvalue weighted by Crippen LogP contribution is -2.42. The third-order valence-electron chi connectivity index (χ3n) is 5.38. The molecule has 2 aliphatic rings. The maximum absolute atomic E-state index is 12.3. The zero-order chi connectivity index (χ0) is 18.2. The molecule has 3 N–H and O–H groups in total. The molecule has 0 aromatic heterocycles. The van der Waals surface area contributed by atoms with Gasteiger partial charge in [-0.25, -0.2) is 4.99 Å². The van der Waals surface area contributed by atoms with Crippen molar-refractivity contribution in [3.8, 4) is 0 Å². The summed E-state index contributed by atoms with van der Waals surface area (Å²) in [5.74, 6) is 1.24. The lowest BCUT2D eigenvalue weighted by atomic mass is 10.1. The number of anilines is 1. The second kappa shape index (κ2) is 11.5. The van der Waals surface area contributed by atoms with Crippen LogP contribution in [0.25, 0.3) is 0 Å². The number of halogens is 1. The highest BCUT2D eigenvalue weighted by atomic mass is 127. The Morgan fingerprint density at radius 1 is 1.11 bits per heavy atom. The van der Waals surface area contributed by atoms with Gasteiger partial charge in [0, 0.05) is 24.2 Å². The Hall–Kier alpha value is -1.31. The highest BCUT2D eigenvalue weighted by Gasteiger charge is 2.22. The van der Waals surface area contributed by atoms with Crippen molar-refractivity contribution in [2.24, 2.45) is 10.9 Å². The first-order chi connectivity index (χ1) is 12.7. The zero-order valence-corrected chi connectivity index (χ0v) is 18.6. The summed E-state index contributed by atoms with van der Waals surface area (Å²) < 4.78 is 0. The van der Waals surface area contributed by atoms with E-state index >= 15 is 0 Å². The van der Waals surface area contributed by atoms with E-state index in [1.807, 2.05) is 18.2 Å². The van der Waals surface area contributed by atoms with Crippen LogP contribution in [0, 0.1) is 5.92 Å². The molecule has 1 amide bonds. The Morgan fingerprint density at radius 2 is 1.81 bits per heavy atom. The van der Waals surface area contributed by atoms with Crippen LogP contribution in [-0.4, -0.2) is 24.5 Å². The van der Waals surface area contributed by atoms with Gasteiger partial charge < -0.3 is 16.0 Å². The van der Waals surface area contributed by atoms with Gasteiger partial charge >= 0.3 is 0 Å². The molecule has 2 fully saturated rings. The molecule has 2 saturated carbocycles. The average molecular weight is 484 g/mol. The summed E-state index contributed by atoms with van der Waals surface area (Å²) >= 11 is 0.